The summed E-state index contributed by atoms with van der Waals surface area (Å²) in [5.74, 6) is -0.192. The van der Waals surface area contributed by atoms with E-state index in [1.807, 2.05) is 48.5 Å². The molecule has 2 aromatic carbocycles. The van der Waals surface area contributed by atoms with E-state index in [-0.39, 0.29) is 38.2 Å². The summed E-state index contributed by atoms with van der Waals surface area (Å²) in [4.78, 5) is 25.6. The van der Waals surface area contributed by atoms with E-state index in [1.165, 1.54) is 4.68 Å². The van der Waals surface area contributed by atoms with Crippen LogP contribution < -0.4 is 4.90 Å². The highest BCUT2D eigenvalue weighted by Crippen LogP contribution is 2.41. The highest BCUT2D eigenvalue weighted by molar-refractivity contribution is 6.08. The Morgan fingerprint density at radius 3 is 2.39 bits per heavy atom. The maximum atomic E-state index is 13.1. The van der Waals surface area contributed by atoms with Crippen molar-refractivity contribution >= 4 is 25.7 Å². The van der Waals surface area contributed by atoms with Crippen LogP contribution >= 0.6 is 0 Å². The van der Waals surface area contributed by atoms with E-state index in [2.05, 4.69) is 10.3 Å². The molecule has 36 heavy (non-hydrogen) atoms. The number of carbonyl (C=O) groups is 2. The van der Waals surface area contributed by atoms with Crippen LogP contribution in [0.25, 0.3) is 22.5 Å². The van der Waals surface area contributed by atoms with Crippen molar-refractivity contribution in [2.75, 3.05) is 4.90 Å². The molecule has 0 spiro atoms. The molecule has 3 aromatic rings. The van der Waals surface area contributed by atoms with Gasteiger partial charge in [-0.05, 0) is 11.6 Å². The van der Waals surface area contributed by atoms with Gasteiger partial charge in [0.25, 0.3) is 0 Å². The van der Waals surface area contributed by atoms with Gasteiger partial charge in [-0.2, -0.15) is 0 Å². The minimum absolute atomic E-state index is 0.0789. The monoisotopic (exact) mass is 492 g/mol. The summed E-state index contributed by atoms with van der Waals surface area (Å²) in [6.07, 6.45) is -4.58. The van der Waals surface area contributed by atoms with E-state index >= 15 is 0 Å². The molecular weight excluding hydrogens is 463 g/mol. The summed E-state index contributed by atoms with van der Waals surface area (Å²) in [5.41, 5.74) is 3.92. The van der Waals surface area contributed by atoms with Crippen molar-refractivity contribution in [3.8, 4) is 22.5 Å². The number of para-hydroxylation sites is 1. The summed E-state index contributed by atoms with van der Waals surface area (Å²) >= 11 is 0. The Morgan fingerprint density at radius 2 is 1.67 bits per heavy atom. The number of aliphatic hydroxyl groups is 4. The molecule has 0 bridgehead atoms. The number of carbonyl (C=O) groups excluding carboxylic acids is 2. The first-order valence-corrected chi connectivity index (χ1v) is 11.9. The molecule has 4 rings (SSSR count). The molecule has 10 nitrogen and oxygen atoms in total. The maximum Gasteiger partial charge on any atom is 0.227 e. The van der Waals surface area contributed by atoms with E-state index in [1.54, 1.807) is 12.7 Å². The predicted molar refractivity (Wildman–Crippen MR) is 135 cm³/mol. The van der Waals surface area contributed by atoms with Crippen LogP contribution in [0.4, 0.5) is 5.69 Å². The van der Waals surface area contributed by atoms with Crippen LogP contribution in [0.1, 0.15) is 18.4 Å². The fourth-order valence-corrected chi connectivity index (χ4v) is 4.46. The number of aldehydes is 1. The molecule has 11 heteroatoms. The van der Waals surface area contributed by atoms with Crippen molar-refractivity contribution in [1.82, 2.24) is 15.0 Å². The third-order valence-corrected chi connectivity index (χ3v) is 6.48. The molecule has 0 saturated heterocycles. The lowest BCUT2D eigenvalue weighted by molar-refractivity contribution is -0.120. The van der Waals surface area contributed by atoms with Gasteiger partial charge < -0.3 is 30.1 Å². The molecule has 1 aliphatic rings. The number of amides is 1. The second-order valence-corrected chi connectivity index (χ2v) is 8.85. The summed E-state index contributed by atoms with van der Waals surface area (Å²) in [7, 11) is 1.66. The number of benzene rings is 2. The largest absolute Gasteiger partial charge is 0.391 e. The molecule has 4 atom stereocenters. The quantitative estimate of drug-likeness (QED) is 0.240. The second kappa shape index (κ2) is 11.1. The first kappa shape index (κ1) is 25.7. The maximum absolute atomic E-state index is 13.1. The minimum atomic E-state index is -1.60. The van der Waals surface area contributed by atoms with Gasteiger partial charge in [0.2, 0.25) is 5.91 Å². The Labute approximate surface area is 209 Å². The van der Waals surface area contributed by atoms with Gasteiger partial charge in [0.05, 0.1) is 30.6 Å². The number of nitrogens with zero attached hydrogens (tertiary/aromatic N) is 4. The molecule has 0 radical (unpaired) electrons. The van der Waals surface area contributed by atoms with Crippen LogP contribution in [0.15, 0.2) is 48.5 Å². The van der Waals surface area contributed by atoms with Gasteiger partial charge in [0.15, 0.2) is 0 Å². The van der Waals surface area contributed by atoms with Crippen molar-refractivity contribution in [2.24, 2.45) is 0 Å². The molecular formula is C25H29BN4O6. The van der Waals surface area contributed by atoms with E-state index in [0.29, 0.717) is 22.6 Å². The SMILES string of the molecule is BCC(O)C(O)C(O)C(O)Cn1nnc2c1-c1ccccc1CN(C(=O)CCC=O)c1ccccc1-2. The summed E-state index contributed by atoms with van der Waals surface area (Å²) in [6, 6.07) is 14.7. The molecule has 1 amide bonds. The zero-order chi connectivity index (χ0) is 25.8. The molecule has 1 aromatic heterocycles. The Hall–Kier alpha value is -3.38. The Morgan fingerprint density at radius 1 is 1.00 bits per heavy atom. The predicted octanol–water partition coefficient (Wildman–Crippen LogP) is -0.0672. The van der Waals surface area contributed by atoms with Crippen LogP contribution in [0.2, 0.25) is 6.32 Å². The van der Waals surface area contributed by atoms with Gasteiger partial charge in [0.1, 0.15) is 38.1 Å². The number of anilines is 1. The number of hydrogen-bond donors (Lipinski definition) is 4. The van der Waals surface area contributed by atoms with Crippen LogP contribution in [0, 0.1) is 0 Å². The molecule has 0 saturated carbocycles. The van der Waals surface area contributed by atoms with Crippen molar-refractivity contribution in [2.45, 2.75) is 56.7 Å². The lowest BCUT2D eigenvalue weighted by Crippen LogP contribution is -2.46. The molecule has 1 aliphatic heterocycles. The molecule has 0 fully saturated rings. The fourth-order valence-electron chi connectivity index (χ4n) is 4.46. The van der Waals surface area contributed by atoms with Crippen molar-refractivity contribution in [3.05, 3.63) is 54.1 Å². The van der Waals surface area contributed by atoms with E-state index < -0.39 is 24.4 Å². The van der Waals surface area contributed by atoms with Crippen molar-refractivity contribution < 1.29 is 30.0 Å². The molecule has 4 N–H and O–H groups in total. The Kier molecular flexibility index (Phi) is 7.95. The first-order chi connectivity index (χ1) is 17.4. The normalized spacial score (nSPS) is 15.9. The highest BCUT2D eigenvalue weighted by atomic mass is 16.4. The first-order valence-electron chi connectivity index (χ1n) is 11.9. The third-order valence-electron chi connectivity index (χ3n) is 6.48. The zero-order valence-electron chi connectivity index (χ0n) is 19.9. The van der Waals surface area contributed by atoms with E-state index in [4.69, 9.17) is 0 Å². The zero-order valence-corrected chi connectivity index (χ0v) is 19.9. The topological polar surface area (TPSA) is 149 Å². The van der Waals surface area contributed by atoms with Crippen LogP contribution in [-0.2, 0) is 22.7 Å². The van der Waals surface area contributed by atoms with Crippen LogP contribution in [0.3, 0.4) is 0 Å². The van der Waals surface area contributed by atoms with E-state index in [0.717, 1.165) is 17.4 Å². The number of rotatable bonds is 9. The number of hydrogen-bond acceptors (Lipinski definition) is 8. The number of aromatic nitrogens is 3. The van der Waals surface area contributed by atoms with Gasteiger partial charge in [-0.15, -0.1) is 5.10 Å². The molecule has 0 aliphatic carbocycles. The fraction of sp³-hybridized carbons (Fsp3) is 0.360. The molecule has 2 heterocycles. The van der Waals surface area contributed by atoms with Gasteiger partial charge in [-0.1, -0.05) is 54.0 Å². The Bertz CT molecular complexity index is 1230. The van der Waals surface area contributed by atoms with Gasteiger partial charge >= 0.3 is 0 Å². The van der Waals surface area contributed by atoms with Crippen molar-refractivity contribution in [1.29, 1.82) is 0 Å². The molecule has 188 valence electrons. The highest BCUT2D eigenvalue weighted by Gasteiger charge is 2.33. The summed E-state index contributed by atoms with van der Waals surface area (Å²) < 4.78 is 1.47. The number of fused-ring (bicyclic) bond motifs is 5. The standard InChI is InChI=1S/C25H29BN4O6/c26-12-19(32)24(35)25(36)20(33)14-30-23-16-7-2-1-6-15(16)13-29(21(34)10-5-11-31)18-9-4-3-8-17(18)22(23)27-28-30/h1-4,6-9,11,19-20,24-25,32-33,35-36H,5,10,12-14,26H2. The summed E-state index contributed by atoms with van der Waals surface area (Å²) in [6.45, 7) is 0.0670. The average molecular weight is 492 g/mol. The van der Waals surface area contributed by atoms with Crippen LogP contribution in [0.5, 0.6) is 0 Å². The third kappa shape index (κ3) is 4.96. The average Bonchev–Trinajstić information content (AvgIpc) is 3.30. The summed E-state index contributed by atoms with van der Waals surface area (Å²) in [5, 5.41) is 49.8. The van der Waals surface area contributed by atoms with Crippen molar-refractivity contribution in [3.63, 3.8) is 0 Å². The smallest absolute Gasteiger partial charge is 0.227 e. The minimum Gasteiger partial charge on any atom is -0.391 e. The molecule has 4 unspecified atom stereocenters. The Balaban J connectivity index is 1.80. The van der Waals surface area contributed by atoms with Gasteiger partial charge in [-0.25, -0.2) is 4.68 Å². The van der Waals surface area contributed by atoms with E-state index in [9.17, 15) is 30.0 Å². The number of aliphatic hydroxyl groups excluding tert-OH is 4. The van der Waals surface area contributed by atoms with Gasteiger partial charge in [-0.3, -0.25) is 4.79 Å². The van der Waals surface area contributed by atoms with Crippen LogP contribution in [-0.4, -0.2) is 79.9 Å². The lowest BCUT2D eigenvalue weighted by Gasteiger charge is -2.29. The van der Waals surface area contributed by atoms with Gasteiger partial charge in [0, 0.05) is 24.0 Å². The second-order valence-electron chi connectivity index (χ2n) is 8.85. The lowest BCUT2D eigenvalue weighted by atomic mass is 9.91.